The van der Waals surface area contributed by atoms with E-state index >= 15 is 0 Å². The normalized spacial score (nSPS) is 13.2. The van der Waals surface area contributed by atoms with Gasteiger partial charge in [0, 0.05) is 39.1 Å². The first-order valence-electron chi connectivity index (χ1n) is 6.79. The molecule has 0 spiro atoms. The Morgan fingerprint density at radius 3 is 3.00 bits per heavy atom. The summed E-state index contributed by atoms with van der Waals surface area (Å²) in [5, 5.41) is 0.936. The Bertz CT molecular complexity index is 866. The molecule has 0 fully saturated rings. The van der Waals surface area contributed by atoms with Gasteiger partial charge in [0.25, 0.3) is 0 Å². The van der Waals surface area contributed by atoms with Gasteiger partial charge >= 0.3 is 0 Å². The number of fused-ring (bicyclic) bond motifs is 2. The van der Waals surface area contributed by atoms with Gasteiger partial charge in [0.05, 0.1) is 6.61 Å². The molecule has 104 valence electrons. The summed E-state index contributed by atoms with van der Waals surface area (Å²) in [6.07, 6.45) is 2.65. The van der Waals surface area contributed by atoms with Crippen molar-refractivity contribution >= 4 is 32.6 Å². The highest BCUT2D eigenvalue weighted by molar-refractivity contribution is 9.10. The molecule has 21 heavy (non-hydrogen) atoms. The van der Waals surface area contributed by atoms with Crippen LogP contribution in [0.2, 0.25) is 0 Å². The molecule has 1 aromatic heterocycles. The zero-order valence-electron chi connectivity index (χ0n) is 11.2. The summed E-state index contributed by atoms with van der Waals surface area (Å²) in [6.45, 7) is 0.701. The minimum absolute atomic E-state index is 0.0362. The number of hydrogen-bond donors (Lipinski definition) is 1. The van der Waals surface area contributed by atoms with E-state index in [4.69, 9.17) is 4.74 Å². The maximum atomic E-state index is 12.8. The third-order valence-corrected chi connectivity index (χ3v) is 4.33. The number of hydrogen-bond acceptors (Lipinski definition) is 2. The molecule has 2 heterocycles. The van der Waals surface area contributed by atoms with Gasteiger partial charge in [-0.2, -0.15) is 0 Å². The number of carbonyl (C=O) groups excluding carboxylic acids is 1. The first kappa shape index (κ1) is 12.7. The van der Waals surface area contributed by atoms with Gasteiger partial charge in [0.15, 0.2) is 5.78 Å². The second-order valence-corrected chi connectivity index (χ2v) is 6.06. The lowest BCUT2D eigenvalue weighted by Gasteiger charge is -2.03. The van der Waals surface area contributed by atoms with Crippen LogP contribution in [0, 0.1) is 0 Å². The minimum atomic E-state index is 0.0362. The summed E-state index contributed by atoms with van der Waals surface area (Å²) in [5.74, 6) is 0.933. The summed E-state index contributed by atoms with van der Waals surface area (Å²) >= 11 is 3.46. The Labute approximate surface area is 130 Å². The van der Waals surface area contributed by atoms with Gasteiger partial charge in [-0.05, 0) is 42.0 Å². The van der Waals surface area contributed by atoms with E-state index in [-0.39, 0.29) is 5.78 Å². The SMILES string of the molecule is O=C(c1ccc2c(c1)CCO2)c1c[nH]c2ccc(Br)cc12. The Morgan fingerprint density at radius 1 is 1.19 bits per heavy atom. The highest BCUT2D eigenvalue weighted by atomic mass is 79.9. The van der Waals surface area contributed by atoms with E-state index in [0.29, 0.717) is 17.7 Å². The van der Waals surface area contributed by atoms with Crippen molar-refractivity contribution in [2.45, 2.75) is 6.42 Å². The van der Waals surface area contributed by atoms with Crippen molar-refractivity contribution in [3.63, 3.8) is 0 Å². The Kier molecular flexibility index (Phi) is 2.86. The van der Waals surface area contributed by atoms with Gasteiger partial charge in [-0.1, -0.05) is 15.9 Å². The van der Waals surface area contributed by atoms with Gasteiger partial charge in [-0.15, -0.1) is 0 Å². The summed E-state index contributed by atoms with van der Waals surface area (Å²) in [7, 11) is 0. The Balaban J connectivity index is 1.81. The maximum absolute atomic E-state index is 12.8. The number of ketones is 1. The van der Waals surface area contributed by atoms with Crippen molar-refractivity contribution in [2.75, 3.05) is 6.61 Å². The van der Waals surface area contributed by atoms with Gasteiger partial charge in [0.1, 0.15) is 5.75 Å². The molecule has 0 saturated heterocycles. The van der Waals surface area contributed by atoms with Gasteiger partial charge in [-0.25, -0.2) is 0 Å². The molecule has 0 saturated carbocycles. The zero-order valence-corrected chi connectivity index (χ0v) is 12.7. The predicted octanol–water partition coefficient (Wildman–Crippen LogP) is 4.10. The van der Waals surface area contributed by atoms with E-state index in [0.717, 1.165) is 33.1 Å². The van der Waals surface area contributed by atoms with E-state index in [1.807, 2.05) is 36.4 Å². The number of H-pyrrole nitrogens is 1. The van der Waals surface area contributed by atoms with Crippen LogP contribution in [-0.2, 0) is 6.42 Å². The topological polar surface area (TPSA) is 42.1 Å². The van der Waals surface area contributed by atoms with E-state index in [1.54, 1.807) is 6.20 Å². The Hall–Kier alpha value is -2.07. The van der Waals surface area contributed by atoms with E-state index < -0.39 is 0 Å². The molecule has 0 amide bonds. The summed E-state index contributed by atoms with van der Waals surface area (Å²) in [4.78, 5) is 15.9. The molecular weight excluding hydrogens is 330 g/mol. The standard InChI is InChI=1S/C17H12BrNO2/c18-12-2-3-15-13(8-12)14(9-19-15)17(20)11-1-4-16-10(7-11)5-6-21-16/h1-4,7-9,19H,5-6H2. The van der Waals surface area contributed by atoms with Crippen LogP contribution in [-0.4, -0.2) is 17.4 Å². The highest BCUT2D eigenvalue weighted by Gasteiger charge is 2.18. The number of aromatic nitrogens is 1. The Morgan fingerprint density at radius 2 is 2.10 bits per heavy atom. The molecule has 0 radical (unpaired) electrons. The second-order valence-electron chi connectivity index (χ2n) is 5.14. The van der Waals surface area contributed by atoms with Gasteiger partial charge in [-0.3, -0.25) is 4.79 Å². The quantitative estimate of drug-likeness (QED) is 0.713. The summed E-state index contributed by atoms with van der Waals surface area (Å²) in [5.41, 5.74) is 3.48. The average molecular weight is 342 g/mol. The molecule has 3 aromatic rings. The fourth-order valence-corrected chi connectivity index (χ4v) is 3.13. The number of nitrogens with one attached hydrogen (secondary N) is 1. The minimum Gasteiger partial charge on any atom is -0.493 e. The number of benzene rings is 2. The number of halogens is 1. The highest BCUT2D eigenvalue weighted by Crippen LogP contribution is 2.29. The number of aromatic amines is 1. The summed E-state index contributed by atoms with van der Waals surface area (Å²) in [6, 6.07) is 11.6. The smallest absolute Gasteiger partial charge is 0.195 e. The van der Waals surface area contributed by atoms with Crippen LogP contribution in [0.15, 0.2) is 47.1 Å². The van der Waals surface area contributed by atoms with Crippen LogP contribution in [0.5, 0.6) is 5.75 Å². The lowest BCUT2D eigenvalue weighted by atomic mass is 10.00. The number of carbonyl (C=O) groups is 1. The van der Waals surface area contributed by atoms with E-state index in [2.05, 4.69) is 20.9 Å². The fraction of sp³-hybridized carbons (Fsp3) is 0.118. The van der Waals surface area contributed by atoms with E-state index in [1.165, 1.54) is 0 Å². The number of ether oxygens (including phenoxy) is 1. The maximum Gasteiger partial charge on any atom is 0.195 e. The molecule has 1 aliphatic rings. The third kappa shape index (κ3) is 2.07. The molecule has 0 unspecified atom stereocenters. The molecule has 4 heteroatoms. The van der Waals surface area contributed by atoms with Crippen molar-refractivity contribution in [1.82, 2.24) is 4.98 Å². The molecule has 0 aliphatic carbocycles. The zero-order chi connectivity index (χ0) is 14.4. The van der Waals surface area contributed by atoms with Crippen LogP contribution in [0.3, 0.4) is 0 Å². The van der Waals surface area contributed by atoms with Gasteiger partial charge < -0.3 is 9.72 Å². The molecule has 0 bridgehead atoms. The number of rotatable bonds is 2. The lowest BCUT2D eigenvalue weighted by Crippen LogP contribution is -2.00. The lowest BCUT2D eigenvalue weighted by molar-refractivity contribution is 0.104. The first-order valence-corrected chi connectivity index (χ1v) is 7.59. The van der Waals surface area contributed by atoms with Crippen molar-refractivity contribution < 1.29 is 9.53 Å². The fourth-order valence-electron chi connectivity index (χ4n) is 2.76. The van der Waals surface area contributed by atoms with Crippen LogP contribution in [0.1, 0.15) is 21.5 Å². The molecule has 1 aliphatic heterocycles. The monoisotopic (exact) mass is 341 g/mol. The van der Waals surface area contributed by atoms with Gasteiger partial charge in [0.2, 0.25) is 0 Å². The first-order chi connectivity index (χ1) is 10.2. The van der Waals surface area contributed by atoms with Crippen molar-refractivity contribution in [1.29, 1.82) is 0 Å². The molecule has 3 nitrogen and oxygen atoms in total. The third-order valence-electron chi connectivity index (χ3n) is 3.84. The van der Waals surface area contributed by atoms with Crippen LogP contribution >= 0.6 is 15.9 Å². The van der Waals surface area contributed by atoms with Crippen molar-refractivity contribution in [2.24, 2.45) is 0 Å². The van der Waals surface area contributed by atoms with Crippen molar-refractivity contribution in [3.8, 4) is 5.75 Å². The molecule has 2 aromatic carbocycles. The molecule has 0 atom stereocenters. The average Bonchev–Trinajstić information content (AvgIpc) is 3.11. The predicted molar refractivity (Wildman–Crippen MR) is 85.1 cm³/mol. The molecule has 1 N–H and O–H groups in total. The largest absolute Gasteiger partial charge is 0.493 e. The van der Waals surface area contributed by atoms with Crippen molar-refractivity contribution in [3.05, 3.63) is 63.8 Å². The van der Waals surface area contributed by atoms with E-state index in [9.17, 15) is 4.79 Å². The summed E-state index contributed by atoms with van der Waals surface area (Å²) < 4.78 is 6.45. The molecular formula is C17H12BrNO2. The second kappa shape index (κ2) is 4.74. The molecule has 4 rings (SSSR count). The van der Waals surface area contributed by atoms with Crippen LogP contribution in [0.4, 0.5) is 0 Å². The van der Waals surface area contributed by atoms with Crippen LogP contribution < -0.4 is 4.74 Å². The van der Waals surface area contributed by atoms with Crippen LogP contribution in [0.25, 0.3) is 10.9 Å².